The summed E-state index contributed by atoms with van der Waals surface area (Å²) in [5.41, 5.74) is 18.0. The van der Waals surface area contributed by atoms with E-state index in [9.17, 15) is 29.4 Å². The number of carbonyl (C=O) groups is 4. The van der Waals surface area contributed by atoms with Gasteiger partial charge in [-0.25, -0.2) is 4.79 Å². The molecule has 1 heterocycles. The first-order valence-electron chi connectivity index (χ1n) is 13.5. The van der Waals surface area contributed by atoms with Crippen molar-refractivity contribution in [1.29, 1.82) is 0 Å². The molecule has 6 unspecified atom stereocenters. The molecule has 0 aliphatic carbocycles. The van der Waals surface area contributed by atoms with E-state index in [2.05, 4.69) is 25.9 Å². The van der Waals surface area contributed by atoms with Gasteiger partial charge in [0.1, 0.15) is 24.2 Å². The molecular weight excluding hydrogens is 532 g/mol. The number of guanidine groups is 1. The molecule has 0 saturated carbocycles. The Kier molecular flexibility index (Phi) is 12.5. The van der Waals surface area contributed by atoms with Gasteiger partial charge in [-0.15, -0.1) is 0 Å². The third kappa shape index (κ3) is 9.76. The molecule has 0 aliphatic rings. The molecule has 0 saturated heterocycles. The van der Waals surface area contributed by atoms with Crippen LogP contribution < -0.4 is 33.2 Å². The predicted molar refractivity (Wildman–Crippen MR) is 154 cm³/mol. The third-order valence-corrected chi connectivity index (χ3v) is 6.91. The fourth-order valence-electron chi connectivity index (χ4n) is 4.20. The van der Waals surface area contributed by atoms with Crippen LogP contribution in [0.2, 0.25) is 0 Å². The number of hydrogen-bond acceptors (Lipinski definition) is 7. The Morgan fingerprint density at radius 2 is 1.66 bits per heavy atom. The minimum Gasteiger partial charge on any atom is -0.480 e. The molecule has 1 aromatic heterocycles. The van der Waals surface area contributed by atoms with Crippen LogP contribution in [-0.2, 0) is 25.6 Å². The van der Waals surface area contributed by atoms with E-state index in [0.717, 1.165) is 16.5 Å². The van der Waals surface area contributed by atoms with Crippen molar-refractivity contribution in [2.75, 3.05) is 6.54 Å². The number of rotatable bonds is 16. The van der Waals surface area contributed by atoms with Crippen molar-refractivity contribution < 1.29 is 29.4 Å². The van der Waals surface area contributed by atoms with Gasteiger partial charge in [0.2, 0.25) is 17.7 Å². The number of aliphatic hydroxyl groups excluding tert-OH is 1. The fourth-order valence-corrected chi connectivity index (χ4v) is 4.20. The van der Waals surface area contributed by atoms with Crippen LogP contribution in [0.3, 0.4) is 0 Å². The number of H-pyrrole nitrogens is 1. The lowest BCUT2D eigenvalue weighted by Gasteiger charge is -2.28. The van der Waals surface area contributed by atoms with Crippen LogP contribution in [0, 0.1) is 5.92 Å². The smallest absolute Gasteiger partial charge is 0.326 e. The Morgan fingerprint density at radius 3 is 2.27 bits per heavy atom. The summed E-state index contributed by atoms with van der Waals surface area (Å²) in [5, 5.41) is 28.2. The molecule has 14 heteroatoms. The van der Waals surface area contributed by atoms with E-state index >= 15 is 0 Å². The molecule has 12 N–H and O–H groups in total. The Balaban J connectivity index is 2.21. The topological polar surface area (TPSA) is 251 Å². The standard InChI is InChI=1S/C27H42N8O6/c1-4-14(2)22(25(39)34-20(26(40)41)12-16-13-32-18-9-6-5-8-17(16)18)35-23(37)19(10-7-11-31-27(29)30)33-24(38)21(28)15(3)36/h5-6,8-9,13-15,19-22,32,36H,4,7,10-12,28H2,1-3H3,(H,33,38)(H,34,39)(H,35,37)(H,40,41)(H4,29,30,31). The van der Waals surface area contributed by atoms with Gasteiger partial charge in [-0.3, -0.25) is 19.4 Å². The zero-order valence-electron chi connectivity index (χ0n) is 23.6. The van der Waals surface area contributed by atoms with Gasteiger partial charge >= 0.3 is 5.97 Å². The molecule has 226 valence electrons. The second-order valence-electron chi connectivity index (χ2n) is 10.1. The Bertz CT molecular complexity index is 1230. The van der Waals surface area contributed by atoms with E-state index in [4.69, 9.17) is 17.2 Å². The monoisotopic (exact) mass is 574 g/mol. The van der Waals surface area contributed by atoms with Crippen LogP contribution in [0.15, 0.2) is 35.5 Å². The van der Waals surface area contributed by atoms with Gasteiger partial charge in [0.25, 0.3) is 0 Å². The molecule has 6 atom stereocenters. The van der Waals surface area contributed by atoms with E-state index in [-0.39, 0.29) is 31.3 Å². The number of benzene rings is 1. The van der Waals surface area contributed by atoms with Gasteiger partial charge in [-0.05, 0) is 37.3 Å². The van der Waals surface area contributed by atoms with Crippen LogP contribution in [0.4, 0.5) is 0 Å². The van der Waals surface area contributed by atoms with E-state index in [0.29, 0.717) is 12.8 Å². The van der Waals surface area contributed by atoms with Gasteiger partial charge in [0, 0.05) is 30.1 Å². The van der Waals surface area contributed by atoms with Crippen molar-refractivity contribution in [3.8, 4) is 0 Å². The number of amides is 3. The predicted octanol–water partition coefficient (Wildman–Crippen LogP) is -0.943. The quantitative estimate of drug-likeness (QED) is 0.0680. The number of aromatic nitrogens is 1. The van der Waals surface area contributed by atoms with Crippen LogP contribution >= 0.6 is 0 Å². The molecule has 0 aliphatic heterocycles. The summed E-state index contributed by atoms with van der Waals surface area (Å²) in [4.78, 5) is 58.3. The number of nitrogens with two attached hydrogens (primary N) is 3. The zero-order chi connectivity index (χ0) is 30.7. The summed E-state index contributed by atoms with van der Waals surface area (Å²) in [7, 11) is 0. The maximum atomic E-state index is 13.4. The van der Waals surface area contributed by atoms with Crippen molar-refractivity contribution in [1.82, 2.24) is 20.9 Å². The van der Waals surface area contributed by atoms with Gasteiger partial charge in [-0.1, -0.05) is 38.5 Å². The molecule has 1 aromatic carbocycles. The molecule has 0 spiro atoms. The summed E-state index contributed by atoms with van der Waals surface area (Å²) >= 11 is 0. The summed E-state index contributed by atoms with van der Waals surface area (Å²) in [6.07, 6.45) is 1.47. The van der Waals surface area contributed by atoms with Crippen molar-refractivity contribution in [3.63, 3.8) is 0 Å². The summed E-state index contributed by atoms with van der Waals surface area (Å²) < 4.78 is 0. The van der Waals surface area contributed by atoms with E-state index in [1.54, 1.807) is 13.1 Å². The number of aromatic amines is 1. The second kappa shape index (κ2) is 15.6. The lowest BCUT2D eigenvalue weighted by molar-refractivity contribution is -0.142. The fraction of sp³-hybridized carbons (Fsp3) is 0.519. The number of nitrogens with zero attached hydrogens (tertiary/aromatic N) is 1. The van der Waals surface area contributed by atoms with Crippen LogP contribution in [0.1, 0.15) is 45.6 Å². The molecule has 0 fully saturated rings. The largest absolute Gasteiger partial charge is 0.480 e. The first kappa shape index (κ1) is 33.0. The number of aliphatic imine (C=N–C) groups is 1. The first-order valence-corrected chi connectivity index (χ1v) is 13.5. The molecule has 3 amide bonds. The van der Waals surface area contributed by atoms with Crippen LogP contribution in [-0.4, -0.2) is 81.7 Å². The van der Waals surface area contributed by atoms with Gasteiger partial charge < -0.3 is 48.3 Å². The van der Waals surface area contributed by atoms with E-state index in [1.807, 2.05) is 31.2 Å². The second-order valence-corrected chi connectivity index (χ2v) is 10.1. The van der Waals surface area contributed by atoms with Crippen LogP contribution in [0.5, 0.6) is 0 Å². The Morgan fingerprint density at radius 1 is 1.00 bits per heavy atom. The zero-order valence-corrected chi connectivity index (χ0v) is 23.6. The van der Waals surface area contributed by atoms with Crippen molar-refractivity contribution in [3.05, 3.63) is 36.0 Å². The molecule has 2 aromatic rings. The van der Waals surface area contributed by atoms with Gasteiger partial charge in [0.05, 0.1) is 6.10 Å². The van der Waals surface area contributed by atoms with Crippen molar-refractivity contribution in [2.24, 2.45) is 28.1 Å². The van der Waals surface area contributed by atoms with Gasteiger partial charge in [0.15, 0.2) is 5.96 Å². The minimum absolute atomic E-state index is 0.0208. The summed E-state index contributed by atoms with van der Waals surface area (Å²) in [6.45, 7) is 5.11. The maximum absolute atomic E-state index is 13.4. The lowest BCUT2D eigenvalue weighted by Crippen LogP contribution is -2.59. The highest BCUT2D eigenvalue weighted by Gasteiger charge is 2.33. The number of carbonyl (C=O) groups excluding carboxylic acids is 3. The summed E-state index contributed by atoms with van der Waals surface area (Å²) in [5.74, 6) is -3.83. The van der Waals surface area contributed by atoms with E-state index < -0.39 is 54.0 Å². The molecule has 41 heavy (non-hydrogen) atoms. The highest BCUT2D eigenvalue weighted by Crippen LogP contribution is 2.19. The number of hydrogen-bond donors (Lipinski definition) is 9. The lowest BCUT2D eigenvalue weighted by atomic mass is 9.96. The molecule has 2 rings (SSSR count). The Hall–Kier alpha value is -4.17. The Labute approximate surface area is 238 Å². The van der Waals surface area contributed by atoms with Crippen LogP contribution in [0.25, 0.3) is 10.9 Å². The number of nitrogens with one attached hydrogen (secondary N) is 4. The first-order chi connectivity index (χ1) is 19.3. The van der Waals surface area contributed by atoms with Crippen molar-refractivity contribution in [2.45, 2.75) is 76.7 Å². The number of carboxylic acid groups (broad SMARTS) is 1. The third-order valence-electron chi connectivity index (χ3n) is 6.91. The molecule has 14 nitrogen and oxygen atoms in total. The number of aliphatic carboxylic acids is 1. The average Bonchev–Trinajstić information content (AvgIpc) is 3.34. The highest BCUT2D eigenvalue weighted by molar-refractivity contribution is 5.94. The SMILES string of the molecule is CCC(C)C(NC(=O)C(CCCN=C(N)N)NC(=O)C(N)C(C)O)C(=O)NC(Cc1c[nH]c2ccccc12)C(=O)O. The number of aliphatic hydroxyl groups is 1. The van der Waals surface area contributed by atoms with Crippen molar-refractivity contribution >= 4 is 40.6 Å². The normalized spacial score (nSPS) is 15.5. The number of carboxylic acids is 1. The van der Waals surface area contributed by atoms with E-state index in [1.165, 1.54) is 6.92 Å². The molecule has 0 radical (unpaired) electrons. The highest BCUT2D eigenvalue weighted by atomic mass is 16.4. The molecular formula is C27H42N8O6. The summed E-state index contributed by atoms with van der Waals surface area (Å²) in [6, 6.07) is 2.65. The number of fused-ring (bicyclic) bond motifs is 1. The number of para-hydroxylation sites is 1. The molecule has 0 bridgehead atoms. The maximum Gasteiger partial charge on any atom is 0.326 e. The van der Waals surface area contributed by atoms with Gasteiger partial charge in [-0.2, -0.15) is 0 Å². The minimum atomic E-state index is -1.28. The average molecular weight is 575 g/mol.